The lowest BCUT2D eigenvalue weighted by atomic mass is 9.84. The molecule has 9 aromatic rings. The maximum Gasteiger partial charge on any atom is 0.125 e. The van der Waals surface area contributed by atoms with Gasteiger partial charge in [0, 0.05) is 72.6 Å². The molecule has 3 aliphatic heterocycles. The summed E-state index contributed by atoms with van der Waals surface area (Å²) in [6.45, 7) is 12.4. The van der Waals surface area contributed by atoms with E-state index in [-0.39, 0.29) is 46.2 Å². The summed E-state index contributed by atoms with van der Waals surface area (Å²) in [4.78, 5) is 6.89. The molecule has 3 aliphatic rings. The molecule has 0 saturated carbocycles. The van der Waals surface area contributed by atoms with E-state index in [4.69, 9.17) is 28.4 Å². The van der Waals surface area contributed by atoms with E-state index in [1.807, 2.05) is 66.7 Å². The zero-order chi connectivity index (χ0) is 63.5. The third kappa shape index (κ3) is 11.8. The molecule has 0 fully saturated rings. The van der Waals surface area contributed by atoms with Gasteiger partial charge in [-0.25, -0.2) is 0 Å². The molecule has 0 aromatic heterocycles. The van der Waals surface area contributed by atoms with Crippen LogP contribution in [0.15, 0.2) is 66.7 Å². The zero-order valence-corrected chi connectivity index (χ0v) is 52.5. The van der Waals surface area contributed by atoms with Crippen molar-refractivity contribution in [3.8, 4) is 34.5 Å². The van der Waals surface area contributed by atoms with E-state index in [1.54, 1.807) is 42.7 Å². The molecule has 0 bridgehead atoms. The average Bonchev–Trinajstić information content (AvgIpc) is 0.875. The minimum atomic E-state index is -0.626. The number of likely N-dealkylation sites (N-methyl/N-ethyl adjacent to an activating group) is 2. The summed E-state index contributed by atoms with van der Waals surface area (Å²) in [6, 6.07) is 21.4. The summed E-state index contributed by atoms with van der Waals surface area (Å²) < 4.78 is 33.2. The normalized spacial score (nSPS) is 16.0. The first kappa shape index (κ1) is 64.8. The van der Waals surface area contributed by atoms with Gasteiger partial charge in [0.15, 0.2) is 0 Å². The van der Waals surface area contributed by atoms with Gasteiger partial charge >= 0.3 is 0 Å². The number of benzene rings is 9. The molecule has 2 unspecified atom stereocenters. The van der Waals surface area contributed by atoms with Crippen molar-refractivity contribution in [2.24, 2.45) is 0 Å². The van der Waals surface area contributed by atoms with Crippen LogP contribution >= 0.6 is 0 Å². The van der Waals surface area contributed by atoms with Gasteiger partial charge in [-0.1, -0.05) is 20.8 Å². The number of aliphatic hydroxyl groups is 9. The Morgan fingerprint density at radius 3 is 1.09 bits per heavy atom. The molecule has 0 amide bonds. The average molecular weight is 1220 g/mol. The molecule has 0 spiro atoms. The number of nitrogens with zero attached hydrogens (tertiary/aromatic N) is 3. The van der Waals surface area contributed by atoms with Crippen LogP contribution in [0.5, 0.6) is 34.5 Å². The lowest BCUT2D eigenvalue weighted by Gasteiger charge is -2.34. The Labute approximate surface area is 518 Å². The summed E-state index contributed by atoms with van der Waals surface area (Å²) in [6.07, 6.45) is 0.657. The van der Waals surface area contributed by atoms with Crippen molar-refractivity contribution >= 4 is 64.6 Å². The summed E-state index contributed by atoms with van der Waals surface area (Å²) in [7, 11) is 9.55. The molecule has 2 atom stereocenters. The van der Waals surface area contributed by atoms with Crippen molar-refractivity contribution in [1.82, 2.24) is 14.7 Å². The Bertz CT molecular complexity index is 4110. The van der Waals surface area contributed by atoms with E-state index in [0.717, 1.165) is 146 Å². The van der Waals surface area contributed by atoms with Gasteiger partial charge in [-0.15, -0.1) is 0 Å². The summed E-state index contributed by atoms with van der Waals surface area (Å²) in [5.41, 5.74) is 11.2. The van der Waals surface area contributed by atoms with Gasteiger partial charge in [0.25, 0.3) is 0 Å². The number of hydrogen-bond donors (Lipinski definition) is 9. The lowest BCUT2D eigenvalue weighted by molar-refractivity contribution is 0.0944. The van der Waals surface area contributed by atoms with Crippen LogP contribution in [0.1, 0.15) is 112 Å². The largest absolute Gasteiger partial charge is 0.496 e. The van der Waals surface area contributed by atoms with Gasteiger partial charge in [-0.05, 0) is 203 Å². The second-order valence-electron chi connectivity index (χ2n) is 23.1. The highest BCUT2D eigenvalue weighted by Crippen LogP contribution is 2.48. The first-order valence-corrected chi connectivity index (χ1v) is 30.5. The topological polar surface area (TPSA) is 247 Å². The predicted molar refractivity (Wildman–Crippen MR) is 346 cm³/mol. The van der Waals surface area contributed by atoms with Crippen molar-refractivity contribution in [1.29, 1.82) is 0 Å². The summed E-state index contributed by atoms with van der Waals surface area (Å²) >= 11 is 0. The molecular weight excluding hydrogens is 1130 g/mol. The van der Waals surface area contributed by atoms with Gasteiger partial charge in [0.05, 0.1) is 101 Å². The maximum absolute atomic E-state index is 11.1. The number of fused-ring (bicyclic) bond motifs is 18. The Hall–Kier alpha value is -7.14. The number of rotatable bonds is 17. The van der Waals surface area contributed by atoms with Crippen LogP contribution in [-0.4, -0.2) is 143 Å². The smallest absolute Gasteiger partial charge is 0.125 e. The fourth-order valence-corrected chi connectivity index (χ4v) is 14.1. The van der Waals surface area contributed by atoms with E-state index in [0.29, 0.717) is 86.5 Å². The van der Waals surface area contributed by atoms with E-state index in [2.05, 4.69) is 35.5 Å². The van der Waals surface area contributed by atoms with Crippen LogP contribution in [0.4, 0.5) is 0 Å². The second kappa shape index (κ2) is 27.9. The third-order valence-corrected chi connectivity index (χ3v) is 18.5. The van der Waals surface area contributed by atoms with Crippen LogP contribution in [0.3, 0.4) is 0 Å². The van der Waals surface area contributed by atoms with E-state index < -0.39 is 12.2 Å². The Balaban J connectivity index is 0.000000147. The highest BCUT2D eigenvalue weighted by Gasteiger charge is 2.32. The zero-order valence-electron chi connectivity index (χ0n) is 52.5. The SMILES string of the molecule is CCCN1Cc2c(c3cc(OC)c(CO)cc3c3cc(CO)c(OC)cc23)C(O)C1.CCN1CCc2c(c3cc(OC)c(CO)cc3c3c(CO)c(CO)c(OC)cc23)C1.CCN1Cc2c(c3cc(OC)c(CO)cc3c3cc(CO)c(OC)cc23)C(O)C1. The molecule has 474 valence electrons. The second-order valence-corrected chi connectivity index (χ2v) is 23.1. The monoisotopic (exact) mass is 1220 g/mol. The van der Waals surface area contributed by atoms with Gasteiger partial charge in [0.2, 0.25) is 0 Å². The standard InChI is InChI=1S/2C24H29NO5.C23H27NO5/c1-4-25-6-5-15-18-9-23(30-3)20(12-27)21(13-28)24(18)17-7-14(11-26)22(29-2)8-16(17)19(15)10-25;1-4-5-25-10-20-18-8-22(29-2)14(12-26)6-16(18)17-7-15(13-27)23(30-3)9-19(17)24(20)21(28)11-25;1-4-24-9-19-17-7-21(28-2)13(11-25)5-15(17)16-6-14(12-26)22(29-3)8-18(16)23(19)20(27)10-24/h7-9,26-28H,4-6,10-13H2,1-3H3;6-9,21,26-28H,4-5,10-13H2,1-3H3;5-8,20,25-27H,4,9-12H2,1-3H3. The molecule has 9 N–H and O–H groups in total. The van der Waals surface area contributed by atoms with Crippen molar-refractivity contribution in [3.05, 3.63) is 139 Å². The first-order chi connectivity index (χ1) is 43.2. The first-order valence-electron chi connectivity index (χ1n) is 30.5. The highest BCUT2D eigenvalue weighted by atomic mass is 16.5. The Morgan fingerprint density at radius 1 is 0.360 bits per heavy atom. The summed E-state index contributed by atoms with van der Waals surface area (Å²) in [5.74, 6) is 3.70. The predicted octanol–water partition coefficient (Wildman–Crippen LogP) is 8.98. The van der Waals surface area contributed by atoms with Gasteiger partial charge < -0.3 is 74.4 Å². The van der Waals surface area contributed by atoms with E-state index in [1.165, 1.54) is 11.1 Å². The van der Waals surface area contributed by atoms with Gasteiger partial charge in [-0.3, -0.25) is 14.7 Å². The van der Waals surface area contributed by atoms with E-state index in [9.17, 15) is 46.0 Å². The molecule has 0 radical (unpaired) electrons. The summed E-state index contributed by atoms with van der Waals surface area (Å²) in [5, 5.41) is 103. The lowest BCUT2D eigenvalue weighted by Crippen LogP contribution is -2.34. The van der Waals surface area contributed by atoms with E-state index >= 15 is 0 Å². The number of aliphatic hydroxyl groups excluding tert-OH is 9. The Morgan fingerprint density at radius 2 is 0.708 bits per heavy atom. The van der Waals surface area contributed by atoms with Crippen molar-refractivity contribution in [2.75, 3.05) is 81.9 Å². The van der Waals surface area contributed by atoms with Crippen LogP contribution in [-0.2, 0) is 72.3 Å². The fraction of sp³-hybridized carbons (Fsp3) is 0.408. The molecule has 0 saturated heterocycles. The minimum Gasteiger partial charge on any atom is -0.496 e. The molecular formula is C71H85N3O15. The molecule has 9 aromatic carbocycles. The van der Waals surface area contributed by atoms with Crippen LogP contribution in [0, 0.1) is 0 Å². The molecule has 0 aliphatic carbocycles. The molecule has 18 nitrogen and oxygen atoms in total. The third-order valence-electron chi connectivity index (χ3n) is 18.5. The number of β-amino-alcohol motifs (C(OH)–C–C–N with tert-alkyl or cyclic N) is 2. The van der Waals surface area contributed by atoms with Crippen molar-refractivity contribution in [2.45, 2.75) is 112 Å². The van der Waals surface area contributed by atoms with Crippen LogP contribution in [0.2, 0.25) is 0 Å². The maximum atomic E-state index is 11.1. The minimum absolute atomic E-state index is 0.134. The quantitative estimate of drug-likeness (QED) is 0.0386. The van der Waals surface area contributed by atoms with Crippen LogP contribution < -0.4 is 28.4 Å². The molecule has 89 heavy (non-hydrogen) atoms. The van der Waals surface area contributed by atoms with Crippen molar-refractivity contribution in [3.63, 3.8) is 0 Å². The Kier molecular flexibility index (Phi) is 20.4. The number of methoxy groups -OCH3 is 6. The molecule has 3 heterocycles. The molecule has 12 rings (SSSR count). The highest BCUT2D eigenvalue weighted by molar-refractivity contribution is 6.15. The molecule has 18 heteroatoms. The number of hydrogen-bond acceptors (Lipinski definition) is 18. The van der Waals surface area contributed by atoms with Crippen LogP contribution in [0.25, 0.3) is 64.6 Å². The van der Waals surface area contributed by atoms with Crippen molar-refractivity contribution < 1.29 is 74.4 Å². The fourth-order valence-electron chi connectivity index (χ4n) is 14.1. The van der Waals surface area contributed by atoms with Gasteiger partial charge in [-0.2, -0.15) is 0 Å². The number of ether oxygens (including phenoxy) is 6. The van der Waals surface area contributed by atoms with Gasteiger partial charge in [0.1, 0.15) is 34.5 Å².